The number of unbranched alkanes of at least 4 members (excludes halogenated alkanes) is 1. The smallest absolute Gasteiger partial charge is 0.0203 e. The van der Waals surface area contributed by atoms with Crippen molar-refractivity contribution in [2.75, 3.05) is 0 Å². The molecule has 0 aliphatic heterocycles. The normalized spacial score (nSPS) is 14.9. The van der Waals surface area contributed by atoms with E-state index >= 15 is 0 Å². The predicted octanol–water partition coefficient (Wildman–Crippen LogP) is 5.20. The molecule has 0 N–H and O–H groups in total. The van der Waals surface area contributed by atoms with Gasteiger partial charge in [0.25, 0.3) is 0 Å². The lowest BCUT2D eigenvalue weighted by atomic mass is 9.90. The van der Waals surface area contributed by atoms with E-state index in [1.165, 1.54) is 32.1 Å². The maximum Gasteiger partial charge on any atom is -0.0203 e. The van der Waals surface area contributed by atoms with Crippen molar-refractivity contribution < 1.29 is 0 Å². The van der Waals surface area contributed by atoms with Gasteiger partial charge < -0.3 is 0 Å². The Kier molecular flexibility index (Phi) is 6.96. The van der Waals surface area contributed by atoms with Crippen LogP contribution in [-0.4, -0.2) is 0 Å². The van der Waals surface area contributed by atoms with E-state index in [1.807, 2.05) is 0 Å². The van der Waals surface area contributed by atoms with Crippen LogP contribution in [0.2, 0.25) is 0 Å². The van der Waals surface area contributed by atoms with Gasteiger partial charge in [0, 0.05) is 0 Å². The third-order valence-electron chi connectivity index (χ3n) is 2.46. The molecule has 0 fully saturated rings. The van der Waals surface area contributed by atoms with Crippen LogP contribution in [0.5, 0.6) is 0 Å². The Morgan fingerprint density at radius 1 is 1.00 bits per heavy atom. The third-order valence-corrected chi connectivity index (χ3v) is 2.46. The molecule has 0 saturated carbocycles. The van der Waals surface area contributed by atoms with Crippen molar-refractivity contribution in [3.05, 3.63) is 12.2 Å². The van der Waals surface area contributed by atoms with Gasteiger partial charge >= 0.3 is 0 Å². The molecule has 0 aliphatic carbocycles. The average Bonchev–Trinajstić information content (AvgIpc) is 2.08. The molecule has 0 heteroatoms. The van der Waals surface area contributed by atoms with Crippen molar-refractivity contribution >= 4 is 0 Å². The summed E-state index contributed by atoms with van der Waals surface area (Å²) in [6, 6.07) is 0. The highest BCUT2D eigenvalue weighted by Gasteiger charge is 2.07. The lowest BCUT2D eigenvalue weighted by Crippen LogP contribution is -2.02. The Morgan fingerprint density at radius 3 is 2.07 bits per heavy atom. The first-order chi connectivity index (χ1) is 6.49. The first-order valence-corrected chi connectivity index (χ1v) is 6.19. The molecular weight excluding hydrogens is 168 g/mol. The summed E-state index contributed by atoms with van der Waals surface area (Å²) in [4.78, 5) is 0. The molecule has 0 aliphatic rings. The fraction of sp³-hybridized carbons (Fsp3) is 0.857. The van der Waals surface area contributed by atoms with E-state index in [-0.39, 0.29) is 0 Å². The number of allylic oxidation sites excluding steroid dienone is 2. The molecule has 1 atom stereocenters. The van der Waals surface area contributed by atoms with E-state index in [4.69, 9.17) is 0 Å². The molecule has 1 unspecified atom stereocenters. The number of hydrogen-bond acceptors (Lipinski definition) is 0. The first kappa shape index (κ1) is 13.7. The standard InChI is InChI=1S/C14H28/c1-6-8-10-13(9-7-2)11-12-14(3,4)5/h11-13H,6-10H2,1-5H3/b12-11+. The van der Waals surface area contributed by atoms with E-state index < -0.39 is 0 Å². The van der Waals surface area contributed by atoms with Crippen LogP contribution in [0.25, 0.3) is 0 Å². The Balaban J connectivity index is 4.01. The maximum absolute atomic E-state index is 2.44. The van der Waals surface area contributed by atoms with Gasteiger partial charge in [-0.1, -0.05) is 66.0 Å². The lowest BCUT2D eigenvalue weighted by Gasteiger charge is -2.15. The zero-order chi connectivity index (χ0) is 11.0. The molecule has 84 valence electrons. The first-order valence-electron chi connectivity index (χ1n) is 6.19. The van der Waals surface area contributed by atoms with Crippen molar-refractivity contribution in [1.29, 1.82) is 0 Å². The summed E-state index contributed by atoms with van der Waals surface area (Å²) in [5, 5.41) is 0. The fourth-order valence-corrected chi connectivity index (χ4v) is 1.60. The van der Waals surface area contributed by atoms with E-state index in [9.17, 15) is 0 Å². The highest BCUT2D eigenvalue weighted by Crippen LogP contribution is 2.21. The number of rotatable bonds is 6. The zero-order valence-corrected chi connectivity index (χ0v) is 10.8. The predicted molar refractivity (Wildman–Crippen MR) is 66.5 cm³/mol. The van der Waals surface area contributed by atoms with Gasteiger partial charge in [0.15, 0.2) is 0 Å². The zero-order valence-electron chi connectivity index (χ0n) is 10.8. The van der Waals surface area contributed by atoms with E-state index in [1.54, 1.807) is 0 Å². The summed E-state index contributed by atoms with van der Waals surface area (Å²) >= 11 is 0. The molecule has 0 aromatic carbocycles. The summed E-state index contributed by atoms with van der Waals surface area (Å²) in [6.07, 6.45) is 11.6. The highest BCUT2D eigenvalue weighted by atomic mass is 14.1. The van der Waals surface area contributed by atoms with Crippen LogP contribution in [-0.2, 0) is 0 Å². The van der Waals surface area contributed by atoms with Gasteiger partial charge in [-0.15, -0.1) is 0 Å². The quantitative estimate of drug-likeness (QED) is 0.512. The molecule has 0 amide bonds. The van der Waals surface area contributed by atoms with E-state index in [0.29, 0.717) is 5.41 Å². The van der Waals surface area contributed by atoms with Crippen molar-refractivity contribution in [2.24, 2.45) is 11.3 Å². The topological polar surface area (TPSA) is 0 Å². The lowest BCUT2D eigenvalue weighted by molar-refractivity contribution is 0.492. The maximum atomic E-state index is 2.44. The van der Waals surface area contributed by atoms with Crippen LogP contribution < -0.4 is 0 Å². The molecule has 0 bridgehead atoms. The van der Waals surface area contributed by atoms with Crippen molar-refractivity contribution in [1.82, 2.24) is 0 Å². The minimum Gasteiger partial charge on any atom is -0.0849 e. The van der Waals surface area contributed by atoms with Gasteiger partial charge in [-0.3, -0.25) is 0 Å². The molecule has 0 radical (unpaired) electrons. The second-order valence-corrected chi connectivity index (χ2v) is 5.42. The molecule has 0 saturated heterocycles. The molecule has 0 nitrogen and oxygen atoms in total. The van der Waals surface area contributed by atoms with Gasteiger partial charge in [0.2, 0.25) is 0 Å². The molecule has 0 aromatic heterocycles. The summed E-state index contributed by atoms with van der Waals surface area (Å²) in [7, 11) is 0. The van der Waals surface area contributed by atoms with Gasteiger partial charge in [-0.25, -0.2) is 0 Å². The Morgan fingerprint density at radius 2 is 1.64 bits per heavy atom. The van der Waals surface area contributed by atoms with Gasteiger partial charge in [0.05, 0.1) is 0 Å². The molecule has 14 heavy (non-hydrogen) atoms. The molecule has 0 rings (SSSR count). The average molecular weight is 196 g/mol. The van der Waals surface area contributed by atoms with Crippen molar-refractivity contribution in [2.45, 2.75) is 66.7 Å². The van der Waals surface area contributed by atoms with Crippen molar-refractivity contribution in [3.63, 3.8) is 0 Å². The molecule has 0 heterocycles. The molecular formula is C14H28. The van der Waals surface area contributed by atoms with Gasteiger partial charge in [-0.05, 0) is 24.2 Å². The van der Waals surface area contributed by atoms with Crippen LogP contribution in [0.4, 0.5) is 0 Å². The molecule has 0 spiro atoms. The molecule has 0 aromatic rings. The Labute approximate surface area is 90.8 Å². The Hall–Kier alpha value is -0.260. The largest absolute Gasteiger partial charge is 0.0849 e. The minimum absolute atomic E-state index is 0.345. The third kappa shape index (κ3) is 8.34. The van der Waals surface area contributed by atoms with Gasteiger partial charge in [-0.2, -0.15) is 0 Å². The van der Waals surface area contributed by atoms with Crippen LogP contribution in [0.15, 0.2) is 12.2 Å². The van der Waals surface area contributed by atoms with Crippen LogP contribution in [0.1, 0.15) is 66.7 Å². The SMILES string of the molecule is CCCCC(/C=C/C(C)(C)C)CCC. The Bertz CT molecular complexity index is 148. The minimum atomic E-state index is 0.345. The van der Waals surface area contributed by atoms with Crippen LogP contribution in [0.3, 0.4) is 0 Å². The fourth-order valence-electron chi connectivity index (χ4n) is 1.60. The second-order valence-electron chi connectivity index (χ2n) is 5.42. The van der Waals surface area contributed by atoms with Crippen LogP contribution >= 0.6 is 0 Å². The van der Waals surface area contributed by atoms with Gasteiger partial charge in [0.1, 0.15) is 0 Å². The van der Waals surface area contributed by atoms with E-state index in [2.05, 4.69) is 46.8 Å². The second kappa shape index (κ2) is 7.09. The summed E-state index contributed by atoms with van der Waals surface area (Å²) in [5.41, 5.74) is 0.345. The van der Waals surface area contributed by atoms with Crippen molar-refractivity contribution in [3.8, 4) is 0 Å². The monoisotopic (exact) mass is 196 g/mol. The highest BCUT2D eigenvalue weighted by molar-refractivity contribution is 4.95. The summed E-state index contributed by atoms with van der Waals surface area (Å²) in [6.45, 7) is 11.4. The number of hydrogen-bond donors (Lipinski definition) is 0. The van der Waals surface area contributed by atoms with Crippen LogP contribution in [0, 0.1) is 11.3 Å². The summed E-state index contributed by atoms with van der Waals surface area (Å²) in [5.74, 6) is 0.819. The summed E-state index contributed by atoms with van der Waals surface area (Å²) < 4.78 is 0. The van der Waals surface area contributed by atoms with E-state index in [0.717, 1.165) is 5.92 Å².